The molecule has 12 heteroatoms. The molecule has 264 valence electrons. The molecule has 2 amide bonds. The highest BCUT2D eigenvalue weighted by molar-refractivity contribution is 6.30. The number of alkyl halides is 3. The van der Waals surface area contributed by atoms with Gasteiger partial charge in [-0.3, -0.25) is 14.8 Å². The molecule has 7 nitrogen and oxygen atoms in total. The summed E-state index contributed by atoms with van der Waals surface area (Å²) in [4.78, 5) is 28.2. The zero-order valence-corrected chi connectivity index (χ0v) is 29.7. The minimum atomic E-state index is -4.57. The molecular weight excluding hydrogens is 674 g/mol. The molecule has 1 fully saturated rings. The van der Waals surface area contributed by atoms with Gasteiger partial charge in [0.25, 0.3) is 0 Å². The van der Waals surface area contributed by atoms with E-state index < -0.39 is 23.8 Å². The van der Waals surface area contributed by atoms with Crippen molar-refractivity contribution in [2.45, 2.75) is 51.9 Å². The van der Waals surface area contributed by atoms with Crippen LogP contribution in [0, 0.1) is 0 Å². The summed E-state index contributed by atoms with van der Waals surface area (Å²) in [5, 5.41) is 1.09. The molecule has 3 aromatic carbocycles. The second kappa shape index (κ2) is 16.6. The molecule has 0 aliphatic carbocycles. The van der Waals surface area contributed by atoms with E-state index in [9.17, 15) is 18.0 Å². The number of urea groups is 1. The summed E-state index contributed by atoms with van der Waals surface area (Å²) in [6.45, 7) is 12.7. The lowest BCUT2D eigenvalue weighted by molar-refractivity contribution is -0.137. The Morgan fingerprint density at radius 1 is 0.857 bits per heavy atom. The highest BCUT2D eigenvalue weighted by Gasteiger charge is 2.45. The van der Waals surface area contributed by atoms with Crippen LogP contribution in [0.2, 0.25) is 10.0 Å². The van der Waals surface area contributed by atoms with Gasteiger partial charge in [0.2, 0.25) is 0 Å². The molecule has 0 radical (unpaired) electrons. The van der Waals surface area contributed by atoms with Crippen molar-refractivity contribution in [1.29, 1.82) is 0 Å². The van der Waals surface area contributed by atoms with Gasteiger partial charge in [-0.25, -0.2) is 4.79 Å². The van der Waals surface area contributed by atoms with E-state index in [0.29, 0.717) is 28.7 Å². The Labute approximate surface area is 297 Å². The number of nitrogens with zero attached hydrogens (tertiary/aromatic N) is 5. The Morgan fingerprint density at radius 2 is 1.45 bits per heavy atom. The highest BCUT2D eigenvalue weighted by atomic mass is 35.5. The monoisotopic (exact) mass is 717 g/mol. The topological polar surface area (TPSA) is 51.6 Å². The Bertz CT molecular complexity index is 1570. The van der Waals surface area contributed by atoms with E-state index in [1.165, 1.54) is 6.07 Å². The molecule has 2 aliphatic heterocycles. The minimum absolute atomic E-state index is 0.00835. The number of piperazine rings is 1. The van der Waals surface area contributed by atoms with Gasteiger partial charge in [-0.15, -0.1) is 0 Å². The fourth-order valence-electron chi connectivity index (χ4n) is 6.58. The zero-order chi connectivity index (χ0) is 35.1. The molecule has 49 heavy (non-hydrogen) atoms. The first-order valence-corrected chi connectivity index (χ1v) is 17.8. The standard InChI is InChI=1S/C37H44Cl2F3N5O2/c1-4-17-44(18-5-2)19-20-45-21-23-46(24-22-45)36(48)47-34(27-9-14-30(39)15-10-27)33(26-7-12-29(38)13-8-26)43-35(47)31-16-11-28(37(40,41)42)25-32(31)49-6-3/h7-16,25,33-34H,4-6,17-24H2,1-3H3. The van der Waals surface area contributed by atoms with Crippen molar-refractivity contribution in [3.63, 3.8) is 0 Å². The number of benzene rings is 3. The lowest BCUT2D eigenvalue weighted by atomic mass is 9.93. The smallest absolute Gasteiger partial charge is 0.416 e. The molecule has 1 saturated heterocycles. The predicted molar refractivity (Wildman–Crippen MR) is 190 cm³/mol. The Balaban J connectivity index is 1.52. The lowest BCUT2D eigenvalue weighted by Crippen LogP contribution is -2.55. The number of ether oxygens (including phenoxy) is 1. The number of amides is 2. The van der Waals surface area contributed by atoms with Crippen molar-refractivity contribution in [2.75, 3.05) is 59.0 Å². The van der Waals surface area contributed by atoms with Crippen LogP contribution in [0.3, 0.4) is 0 Å². The number of carbonyl (C=O) groups is 1. The average molecular weight is 719 g/mol. The van der Waals surface area contributed by atoms with Crippen LogP contribution in [0.25, 0.3) is 0 Å². The number of hydrogen-bond acceptors (Lipinski definition) is 5. The molecule has 0 aromatic heterocycles. The summed E-state index contributed by atoms with van der Waals surface area (Å²) < 4.78 is 47.2. The molecule has 0 N–H and O–H groups in total. The third-order valence-electron chi connectivity index (χ3n) is 9.00. The van der Waals surface area contributed by atoms with Crippen LogP contribution < -0.4 is 4.74 Å². The summed E-state index contributed by atoms with van der Waals surface area (Å²) in [7, 11) is 0. The van der Waals surface area contributed by atoms with E-state index >= 15 is 0 Å². The summed E-state index contributed by atoms with van der Waals surface area (Å²) >= 11 is 12.5. The molecule has 0 saturated carbocycles. The SMILES string of the molecule is CCCN(CCC)CCN1CCN(C(=O)N2C(c3ccc(C(F)(F)F)cc3OCC)=NC(c3ccc(Cl)cc3)C2c2ccc(Cl)cc2)CC1. The molecule has 3 aromatic rings. The summed E-state index contributed by atoms with van der Waals surface area (Å²) in [6, 6.07) is 16.4. The lowest BCUT2D eigenvalue weighted by Gasteiger charge is -2.39. The molecule has 2 heterocycles. The normalized spacial score (nSPS) is 18.7. The van der Waals surface area contributed by atoms with Gasteiger partial charge >= 0.3 is 12.2 Å². The van der Waals surface area contributed by atoms with Gasteiger partial charge in [0.15, 0.2) is 0 Å². The first-order chi connectivity index (χ1) is 23.5. The molecule has 2 aliphatic rings. The van der Waals surface area contributed by atoms with Crippen LogP contribution in [-0.2, 0) is 6.18 Å². The van der Waals surface area contributed by atoms with E-state index in [1.54, 1.807) is 36.1 Å². The van der Waals surface area contributed by atoms with Crippen LogP contribution in [-0.4, -0.2) is 90.4 Å². The van der Waals surface area contributed by atoms with Crippen molar-refractivity contribution >= 4 is 35.1 Å². The van der Waals surface area contributed by atoms with Crippen LogP contribution in [0.1, 0.15) is 68.0 Å². The first kappa shape index (κ1) is 37.0. The van der Waals surface area contributed by atoms with Crippen molar-refractivity contribution in [3.05, 3.63) is 99.0 Å². The maximum absolute atomic E-state index is 14.8. The molecule has 5 rings (SSSR count). The Hall–Kier alpha value is -3.31. The van der Waals surface area contributed by atoms with Gasteiger partial charge in [0.05, 0.1) is 23.8 Å². The zero-order valence-electron chi connectivity index (χ0n) is 28.2. The van der Waals surface area contributed by atoms with Crippen LogP contribution in [0.5, 0.6) is 5.75 Å². The average Bonchev–Trinajstić information content (AvgIpc) is 3.48. The van der Waals surface area contributed by atoms with Crippen molar-refractivity contribution in [3.8, 4) is 5.75 Å². The van der Waals surface area contributed by atoms with Gasteiger partial charge in [-0.2, -0.15) is 13.2 Å². The van der Waals surface area contributed by atoms with Gasteiger partial charge in [-0.1, -0.05) is 61.3 Å². The van der Waals surface area contributed by atoms with E-state index in [2.05, 4.69) is 23.6 Å². The van der Waals surface area contributed by atoms with Crippen molar-refractivity contribution < 1.29 is 22.7 Å². The number of rotatable bonds is 12. The van der Waals surface area contributed by atoms with E-state index in [4.69, 9.17) is 32.9 Å². The number of halogens is 5. The third-order valence-corrected chi connectivity index (χ3v) is 9.50. The van der Waals surface area contributed by atoms with Crippen molar-refractivity contribution in [1.82, 2.24) is 19.6 Å². The quantitative estimate of drug-likeness (QED) is 0.188. The van der Waals surface area contributed by atoms with E-state index in [0.717, 1.165) is 75.4 Å². The van der Waals surface area contributed by atoms with Crippen LogP contribution >= 0.6 is 23.2 Å². The first-order valence-electron chi connectivity index (χ1n) is 17.0. The summed E-state index contributed by atoms with van der Waals surface area (Å²) in [5.74, 6) is 0.258. The summed E-state index contributed by atoms with van der Waals surface area (Å²) in [6.07, 6.45) is -2.35. The molecular formula is C37H44Cl2F3N5O2. The van der Waals surface area contributed by atoms with Crippen LogP contribution in [0.4, 0.5) is 18.0 Å². The fourth-order valence-corrected chi connectivity index (χ4v) is 6.83. The molecule has 2 unspecified atom stereocenters. The number of amidine groups is 1. The van der Waals surface area contributed by atoms with Gasteiger partial charge in [0.1, 0.15) is 17.6 Å². The largest absolute Gasteiger partial charge is 0.493 e. The van der Waals surface area contributed by atoms with E-state index in [1.807, 2.05) is 29.2 Å². The number of carbonyl (C=O) groups excluding carboxylic acids is 1. The molecule has 0 bridgehead atoms. The van der Waals surface area contributed by atoms with Crippen molar-refractivity contribution in [2.24, 2.45) is 4.99 Å². The number of aliphatic imine (C=N–C) groups is 1. The minimum Gasteiger partial charge on any atom is -0.493 e. The second-order valence-corrected chi connectivity index (χ2v) is 13.3. The van der Waals surface area contributed by atoms with Gasteiger partial charge in [-0.05, 0) is 86.4 Å². The molecule has 0 spiro atoms. The van der Waals surface area contributed by atoms with E-state index in [-0.39, 0.29) is 24.2 Å². The second-order valence-electron chi connectivity index (χ2n) is 12.4. The third kappa shape index (κ3) is 8.89. The molecule has 2 atom stereocenters. The fraction of sp³-hybridized carbons (Fsp3) is 0.459. The maximum Gasteiger partial charge on any atom is 0.416 e. The highest BCUT2D eigenvalue weighted by Crippen LogP contribution is 2.46. The van der Waals surface area contributed by atoms with Crippen LogP contribution in [0.15, 0.2) is 71.7 Å². The predicted octanol–water partition coefficient (Wildman–Crippen LogP) is 8.82. The Morgan fingerprint density at radius 3 is 2.00 bits per heavy atom. The summed E-state index contributed by atoms with van der Waals surface area (Å²) in [5.41, 5.74) is 1.05. The van der Waals surface area contributed by atoms with Gasteiger partial charge in [0, 0.05) is 49.3 Å². The maximum atomic E-state index is 14.8. The van der Waals surface area contributed by atoms with Gasteiger partial charge < -0.3 is 14.5 Å². The number of hydrogen-bond donors (Lipinski definition) is 0. The Kier molecular flexibility index (Phi) is 12.5.